The van der Waals surface area contributed by atoms with Gasteiger partial charge in [-0.3, -0.25) is 10.1 Å². The molecular formula is C12H14N2O8. The summed E-state index contributed by atoms with van der Waals surface area (Å²) in [6.45, 7) is -0.231. The predicted molar refractivity (Wildman–Crippen MR) is 71.4 cm³/mol. The quantitative estimate of drug-likeness (QED) is 0.351. The summed E-state index contributed by atoms with van der Waals surface area (Å²) in [6, 6.07) is 3.30. The fourth-order valence-corrected chi connectivity index (χ4v) is 2.05. The molecule has 4 atom stereocenters. The number of anilines is 1. The summed E-state index contributed by atoms with van der Waals surface area (Å²) in [5.41, 5.74) is -0.969. The summed E-state index contributed by atoms with van der Waals surface area (Å²) in [4.78, 5) is 21.0. The standard InChI is InChI=1S/C12H14N2O8/c15-8-4-22-11(10(17)9(8)16)13-5-1-2-6(12(18)19)7(3-5)14(20)21/h1-3,8-11,13,15-17H,4H2,(H,18,19)/t8-,9-,10+,11-/m1/s1. The summed E-state index contributed by atoms with van der Waals surface area (Å²) in [6.07, 6.45) is -5.23. The van der Waals surface area contributed by atoms with Gasteiger partial charge in [-0.25, -0.2) is 4.79 Å². The highest BCUT2D eigenvalue weighted by molar-refractivity contribution is 5.93. The van der Waals surface area contributed by atoms with Crippen molar-refractivity contribution in [3.8, 4) is 0 Å². The highest BCUT2D eigenvalue weighted by Crippen LogP contribution is 2.25. The number of aliphatic hydroxyl groups excluding tert-OH is 3. The molecule has 1 saturated heterocycles. The summed E-state index contributed by atoms with van der Waals surface area (Å²) in [5, 5.41) is 51.0. The number of nitrogens with one attached hydrogen (secondary N) is 1. The Bertz CT molecular complexity index is 592. The van der Waals surface area contributed by atoms with Gasteiger partial charge in [0, 0.05) is 11.8 Å². The van der Waals surface area contributed by atoms with Crippen molar-refractivity contribution in [2.75, 3.05) is 11.9 Å². The van der Waals surface area contributed by atoms with Crippen molar-refractivity contribution >= 4 is 17.3 Å². The Kier molecular flexibility index (Phi) is 4.56. The molecule has 1 heterocycles. The third-order valence-corrected chi connectivity index (χ3v) is 3.23. The molecule has 1 fully saturated rings. The smallest absolute Gasteiger partial charge is 0.342 e. The van der Waals surface area contributed by atoms with Gasteiger partial charge in [0.25, 0.3) is 5.69 Å². The van der Waals surface area contributed by atoms with E-state index < -0.39 is 46.7 Å². The number of carboxylic acids is 1. The molecule has 22 heavy (non-hydrogen) atoms. The van der Waals surface area contributed by atoms with E-state index in [4.69, 9.17) is 9.84 Å². The van der Waals surface area contributed by atoms with Crippen LogP contribution in [0.2, 0.25) is 0 Å². The van der Waals surface area contributed by atoms with Gasteiger partial charge in [0.1, 0.15) is 23.9 Å². The van der Waals surface area contributed by atoms with Gasteiger partial charge in [-0.05, 0) is 12.1 Å². The number of nitro benzene ring substituents is 1. The number of aliphatic hydroxyl groups is 3. The molecule has 0 unspecified atom stereocenters. The zero-order valence-corrected chi connectivity index (χ0v) is 11.1. The van der Waals surface area contributed by atoms with Crippen LogP contribution in [0.15, 0.2) is 18.2 Å². The van der Waals surface area contributed by atoms with Gasteiger partial charge in [-0.1, -0.05) is 0 Å². The van der Waals surface area contributed by atoms with Crippen molar-refractivity contribution in [2.24, 2.45) is 0 Å². The topological polar surface area (TPSA) is 162 Å². The molecule has 0 saturated carbocycles. The maximum absolute atomic E-state index is 10.9. The lowest BCUT2D eigenvalue weighted by molar-refractivity contribution is -0.385. The molecule has 0 radical (unpaired) electrons. The Labute approximate surface area is 123 Å². The molecular weight excluding hydrogens is 300 g/mol. The largest absolute Gasteiger partial charge is 0.477 e. The normalized spacial score (nSPS) is 28.1. The number of aromatic carboxylic acids is 1. The van der Waals surface area contributed by atoms with Crippen molar-refractivity contribution in [1.82, 2.24) is 0 Å². The summed E-state index contributed by atoms with van der Waals surface area (Å²) in [7, 11) is 0. The first-order valence-corrected chi connectivity index (χ1v) is 6.25. The van der Waals surface area contributed by atoms with Crippen LogP contribution in [0.3, 0.4) is 0 Å². The van der Waals surface area contributed by atoms with Crippen molar-refractivity contribution in [3.05, 3.63) is 33.9 Å². The molecule has 0 bridgehead atoms. The van der Waals surface area contributed by atoms with Crippen LogP contribution in [0, 0.1) is 10.1 Å². The highest BCUT2D eigenvalue weighted by atomic mass is 16.6. The van der Waals surface area contributed by atoms with Gasteiger partial charge < -0.3 is 30.5 Å². The number of nitrogens with zero attached hydrogens (tertiary/aromatic N) is 1. The Morgan fingerprint density at radius 1 is 1.32 bits per heavy atom. The van der Waals surface area contributed by atoms with Crippen LogP contribution in [0.4, 0.5) is 11.4 Å². The van der Waals surface area contributed by atoms with Crippen LogP contribution in [0.1, 0.15) is 10.4 Å². The first-order valence-electron chi connectivity index (χ1n) is 6.25. The first-order chi connectivity index (χ1) is 10.3. The van der Waals surface area contributed by atoms with Crippen molar-refractivity contribution in [3.63, 3.8) is 0 Å². The summed E-state index contributed by atoms with van der Waals surface area (Å²) >= 11 is 0. The second kappa shape index (κ2) is 6.23. The second-order valence-corrected chi connectivity index (χ2v) is 4.74. The molecule has 0 spiro atoms. The number of hydrogen-bond donors (Lipinski definition) is 5. The predicted octanol–water partition coefficient (Wildman–Crippen LogP) is -0.856. The zero-order chi connectivity index (χ0) is 16.4. The van der Waals surface area contributed by atoms with Crippen molar-refractivity contribution < 1.29 is 34.9 Å². The number of carboxylic acid groups (broad SMARTS) is 1. The Balaban J connectivity index is 2.22. The number of ether oxygens (including phenoxy) is 1. The fraction of sp³-hybridized carbons (Fsp3) is 0.417. The maximum Gasteiger partial charge on any atom is 0.342 e. The lowest BCUT2D eigenvalue weighted by atomic mass is 10.0. The molecule has 1 aliphatic heterocycles. The minimum atomic E-state index is -1.46. The minimum absolute atomic E-state index is 0.129. The van der Waals surface area contributed by atoms with E-state index in [0.717, 1.165) is 12.1 Å². The third kappa shape index (κ3) is 3.14. The zero-order valence-electron chi connectivity index (χ0n) is 11.1. The number of hydrogen-bond acceptors (Lipinski definition) is 8. The fourth-order valence-electron chi connectivity index (χ4n) is 2.05. The number of nitro groups is 1. The Morgan fingerprint density at radius 3 is 2.59 bits per heavy atom. The molecule has 0 aromatic heterocycles. The van der Waals surface area contributed by atoms with Crippen LogP contribution in [0.5, 0.6) is 0 Å². The summed E-state index contributed by atoms with van der Waals surface area (Å²) < 4.78 is 5.10. The number of rotatable bonds is 4. The molecule has 1 aromatic rings. The Morgan fingerprint density at radius 2 is 2.00 bits per heavy atom. The van der Waals surface area contributed by atoms with Crippen LogP contribution < -0.4 is 5.32 Å². The molecule has 1 aliphatic rings. The van der Waals surface area contributed by atoms with E-state index >= 15 is 0 Å². The molecule has 0 amide bonds. The van der Waals surface area contributed by atoms with E-state index in [2.05, 4.69) is 5.32 Å². The summed E-state index contributed by atoms with van der Waals surface area (Å²) in [5.74, 6) is -1.44. The molecule has 120 valence electrons. The van der Waals surface area contributed by atoms with Crippen molar-refractivity contribution in [2.45, 2.75) is 24.5 Å². The molecule has 0 aliphatic carbocycles. The average molecular weight is 314 g/mol. The third-order valence-electron chi connectivity index (χ3n) is 3.23. The monoisotopic (exact) mass is 314 g/mol. The second-order valence-electron chi connectivity index (χ2n) is 4.74. The van der Waals surface area contributed by atoms with Crippen LogP contribution >= 0.6 is 0 Å². The molecule has 10 nitrogen and oxygen atoms in total. The highest BCUT2D eigenvalue weighted by Gasteiger charge is 2.37. The SMILES string of the molecule is O=C(O)c1ccc(N[C@@H]2OC[C@@H](O)[C@@H](O)[C@@H]2O)cc1[N+](=O)[O-]. The first kappa shape index (κ1) is 16.1. The lowest BCUT2D eigenvalue weighted by Gasteiger charge is -2.35. The van der Waals surface area contributed by atoms with Gasteiger partial charge in [-0.2, -0.15) is 0 Å². The van der Waals surface area contributed by atoms with E-state index in [1.165, 1.54) is 6.07 Å². The Hall–Kier alpha value is -2.27. The number of benzene rings is 1. The van der Waals surface area contributed by atoms with E-state index in [0.29, 0.717) is 0 Å². The van der Waals surface area contributed by atoms with E-state index in [-0.39, 0.29) is 12.3 Å². The molecule has 2 rings (SSSR count). The van der Waals surface area contributed by atoms with E-state index in [1.54, 1.807) is 0 Å². The lowest BCUT2D eigenvalue weighted by Crippen LogP contribution is -2.55. The molecule has 10 heteroatoms. The minimum Gasteiger partial charge on any atom is -0.477 e. The van der Waals surface area contributed by atoms with E-state index in [1.807, 2.05) is 0 Å². The van der Waals surface area contributed by atoms with Gasteiger partial charge in [0.2, 0.25) is 0 Å². The molecule has 5 N–H and O–H groups in total. The van der Waals surface area contributed by atoms with Crippen LogP contribution in [-0.2, 0) is 4.74 Å². The van der Waals surface area contributed by atoms with Crippen LogP contribution in [-0.4, -0.2) is 62.5 Å². The van der Waals surface area contributed by atoms with Gasteiger partial charge in [0.05, 0.1) is 11.5 Å². The van der Waals surface area contributed by atoms with Crippen molar-refractivity contribution in [1.29, 1.82) is 0 Å². The van der Waals surface area contributed by atoms with Crippen LogP contribution in [0.25, 0.3) is 0 Å². The van der Waals surface area contributed by atoms with Gasteiger partial charge >= 0.3 is 5.97 Å². The van der Waals surface area contributed by atoms with E-state index in [9.17, 15) is 30.2 Å². The van der Waals surface area contributed by atoms with Gasteiger partial charge in [-0.15, -0.1) is 0 Å². The number of carbonyl (C=O) groups is 1. The molecule has 1 aromatic carbocycles. The maximum atomic E-state index is 10.9. The van der Waals surface area contributed by atoms with Gasteiger partial charge in [0.15, 0.2) is 6.23 Å². The average Bonchev–Trinajstić information content (AvgIpc) is 2.47.